The molecule has 0 aromatic rings. The van der Waals surface area contributed by atoms with Crippen molar-refractivity contribution in [2.24, 2.45) is 5.73 Å². The van der Waals surface area contributed by atoms with Crippen molar-refractivity contribution < 1.29 is 9.53 Å². The van der Waals surface area contributed by atoms with Crippen molar-refractivity contribution in [2.45, 2.75) is 51.2 Å². The minimum atomic E-state index is -0.348. The normalized spacial score (nSPS) is 22.7. The molecule has 1 heterocycles. The Balaban J connectivity index is 2.05. The Hall–Kier alpha value is -0.610. The van der Waals surface area contributed by atoms with E-state index in [0.717, 1.165) is 38.7 Å². The van der Waals surface area contributed by atoms with E-state index in [2.05, 4.69) is 5.32 Å². The summed E-state index contributed by atoms with van der Waals surface area (Å²) in [6, 6.07) is -0.348. The fraction of sp³-hybridized carbons (Fsp3) is 0.909. The topological polar surface area (TPSA) is 64.4 Å². The van der Waals surface area contributed by atoms with Crippen molar-refractivity contribution in [3.8, 4) is 0 Å². The third kappa shape index (κ3) is 4.62. The molecule has 1 unspecified atom stereocenters. The standard InChI is InChI=1S/C11H22N2O2/c1-2-4-10(12)11(14)13-7-6-9-5-3-8-15-9/h9-10H,2-8,12H2,1H3,(H,13,14)/t9?,10-/m0/s1. The van der Waals surface area contributed by atoms with Crippen LogP contribution in [0.1, 0.15) is 39.0 Å². The summed E-state index contributed by atoms with van der Waals surface area (Å²) in [5.41, 5.74) is 5.68. The van der Waals surface area contributed by atoms with Gasteiger partial charge in [0, 0.05) is 13.2 Å². The van der Waals surface area contributed by atoms with Crippen molar-refractivity contribution in [1.29, 1.82) is 0 Å². The molecule has 88 valence electrons. The molecule has 0 aliphatic carbocycles. The maximum Gasteiger partial charge on any atom is 0.236 e. The van der Waals surface area contributed by atoms with E-state index in [0.29, 0.717) is 12.6 Å². The van der Waals surface area contributed by atoms with Gasteiger partial charge in [0.2, 0.25) is 5.91 Å². The molecular weight excluding hydrogens is 192 g/mol. The Bertz CT molecular complexity index is 191. The molecule has 15 heavy (non-hydrogen) atoms. The largest absolute Gasteiger partial charge is 0.378 e. The van der Waals surface area contributed by atoms with E-state index in [1.54, 1.807) is 0 Å². The number of nitrogens with one attached hydrogen (secondary N) is 1. The average Bonchev–Trinajstić information content (AvgIpc) is 2.71. The van der Waals surface area contributed by atoms with Gasteiger partial charge in [-0.2, -0.15) is 0 Å². The van der Waals surface area contributed by atoms with E-state index in [1.165, 1.54) is 0 Å². The zero-order chi connectivity index (χ0) is 11.1. The van der Waals surface area contributed by atoms with Crippen LogP contribution in [0.15, 0.2) is 0 Å². The number of nitrogens with two attached hydrogens (primary N) is 1. The molecule has 1 amide bonds. The number of carbonyl (C=O) groups excluding carboxylic acids is 1. The monoisotopic (exact) mass is 214 g/mol. The molecule has 1 aliphatic heterocycles. The second-order valence-electron chi connectivity index (χ2n) is 4.11. The van der Waals surface area contributed by atoms with Gasteiger partial charge in [-0.05, 0) is 25.7 Å². The van der Waals surface area contributed by atoms with Crippen LogP contribution in [-0.4, -0.2) is 31.2 Å². The van der Waals surface area contributed by atoms with Crippen LogP contribution in [0.2, 0.25) is 0 Å². The summed E-state index contributed by atoms with van der Waals surface area (Å²) in [6.07, 6.45) is 5.22. The van der Waals surface area contributed by atoms with Gasteiger partial charge in [0.1, 0.15) is 0 Å². The lowest BCUT2D eigenvalue weighted by Crippen LogP contribution is -2.41. The molecule has 0 aromatic heterocycles. The molecule has 1 fully saturated rings. The van der Waals surface area contributed by atoms with Gasteiger partial charge in [0.05, 0.1) is 12.1 Å². The minimum absolute atomic E-state index is 0.0325. The van der Waals surface area contributed by atoms with Gasteiger partial charge in [0.15, 0.2) is 0 Å². The highest BCUT2D eigenvalue weighted by Crippen LogP contribution is 2.14. The third-order valence-corrected chi connectivity index (χ3v) is 2.73. The Kier molecular flexibility index (Phi) is 5.65. The minimum Gasteiger partial charge on any atom is -0.378 e. The third-order valence-electron chi connectivity index (χ3n) is 2.73. The van der Waals surface area contributed by atoms with Gasteiger partial charge >= 0.3 is 0 Å². The molecule has 4 heteroatoms. The number of carbonyl (C=O) groups is 1. The second kappa shape index (κ2) is 6.80. The number of hydrogen-bond donors (Lipinski definition) is 2. The van der Waals surface area contributed by atoms with Crippen molar-refractivity contribution in [3.05, 3.63) is 0 Å². The number of amides is 1. The maximum atomic E-state index is 11.4. The zero-order valence-corrected chi connectivity index (χ0v) is 9.50. The molecule has 1 saturated heterocycles. The van der Waals surface area contributed by atoms with Crippen LogP contribution in [0.5, 0.6) is 0 Å². The van der Waals surface area contributed by atoms with E-state index >= 15 is 0 Å². The van der Waals surface area contributed by atoms with E-state index < -0.39 is 0 Å². The summed E-state index contributed by atoms with van der Waals surface area (Å²) in [4.78, 5) is 11.4. The molecule has 0 aromatic carbocycles. The lowest BCUT2D eigenvalue weighted by Gasteiger charge is -2.13. The maximum absolute atomic E-state index is 11.4. The first-order valence-corrected chi connectivity index (χ1v) is 5.89. The molecule has 0 radical (unpaired) electrons. The molecule has 4 nitrogen and oxygen atoms in total. The SMILES string of the molecule is CCC[C@H](N)C(=O)NCCC1CCCO1. The molecule has 3 N–H and O–H groups in total. The average molecular weight is 214 g/mol. The Labute approximate surface area is 91.5 Å². The predicted octanol–water partition coefficient (Wildman–Crippen LogP) is 0.799. The molecule has 1 aliphatic rings. The van der Waals surface area contributed by atoms with Crippen molar-refractivity contribution in [1.82, 2.24) is 5.32 Å². The first kappa shape index (κ1) is 12.5. The number of rotatable bonds is 6. The molecule has 2 atom stereocenters. The van der Waals surface area contributed by atoms with Gasteiger partial charge < -0.3 is 15.8 Å². The van der Waals surface area contributed by atoms with Crippen LogP contribution >= 0.6 is 0 Å². The highest BCUT2D eigenvalue weighted by molar-refractivity contribution is 5.81. The fourth-order valence-corrected chi connectivity index (χ4v) is 1.80. The summed E-state index contributed by atoms with van der Waals surface area (Å²) in [7, 11) is 0. The smallest absolute Gasteiger partial charge is 0.236 e. The van der Waals surface area contributed by atoms with Crippen molar-refractivity contribution in [3.63, 3.8) is 0 Å². The van der Waals surface area contributed by atoms with Crippen LogP contribution in [0.4, 0.5) is 0 Å². The quantitative estimate of drug-likeness (QED) is 0.687. The van der Waals surface area contributed by atoms with E-state index in [9.17, 15) is 4.79 Å². The van der Waals surface area contributed by atoms with Gasteiger partial charge in [0.25, 0.3) is 0 Å². The first-order chi connectivity index (χ1) is 7.24. The van der Waals surface area contributed by atoms with E-state index in [-0.39, 0.29) is 11.9 Å². The van der Waals surface area contributed by atoms with E-state index in [1.807, 2.05) is 6.92 Å². The van der Waals surface area contributed by atoms with Crippen LogP contribution in [0.25, 0.3) is 0 Å². The van der Waals surface area contributed by atoms with Crippen molar-refractivity contribution >= 4 is 5.91 Å². The summed E-state index contributed by atoms with van der Waals surface area (Å²) in [6.45, 7) is 3.58. The highest BCUT2D eigenvalue weighted by atomic mass is 16.5. The molecule has 1 rings (SSSR count). The Morgan fingerprint density at radius 2 is 2.47 bits per heavy atom. The molecule has 0 spiro atoms. The summed E-state index contributed by atoms with van der Waals surface area (Å²) in [5.74, 6) is -0.0325. The van der Waals surface area contributed by atoms with Crippen molar-refractivity contribution in [2.75, 3.05) is 13.2 Å². The first-order valence-electron chi connectivity index (χ1n) is 5.89. The van der Waals surface area contributed by atoms with Gasteiger partial charge in [-0.25, -0.2) is 0 Å². The fourth-order valence-electron chi connectivity index (χ4n) is 1.80. The molecular formula is C11H22N2O2. The number of ether oxygens (including phenoxy) is 1. The van der Waals surface area contributed by atoms with E-state index in [4.69, 9.17) is 10.5 Å². The highest BCUT2D eigenvalue weighted by Gasteiger charge is 2.16. The predicted molar refractivity (Wildman–Crippen MR) is 59.5 cm³/mol. The lowest BCUT2D eigenvalue weighted by atomic mass is 10.1. The van der Waals surface area contributed by atoms with Gasteiger partial charge in [-0.3, -0.25) is 4.79 Å². The van der Waals surface area contributed by atoms with Gasteiger partial charge in [-0.15, -0.1) is 0 Å². The Morgan fingerprint density at radius 1 is 1.67 bits per heavy atom. The Morgan fingerprint density at radius 3 is 3.07 bits per heavy atom. The van der Waals surface area contributed by atoms with Crippen LogP contribution in [-0.2, 0) is 9.53 Å². The summed E-state index contributed by atoms with van der Waals surface area (Å²) >= 11 is 0. The van der Waals surface area contributed by atoms with Crippen LogP contribution in [0, 0.1) is 0 Å². The second-order valence-corrected chi connectivity index (χ2v) is 4.11. The van der Waals surface area contributed by atoms with Gasteiger partial charge in [-0.1, -0.05) is 13.3 Å². The summed E-state index contributed by atoms with van der Waals surface area (Å²) < 4.78 is 5.46. The zero-order valence-electron chi connectivity index (χ0n) is 9.50. The lowest BCUT2D eigenvalue weighted by molar-refractivity contribution is -0.122. The number of hydrogen-bond acceptors (Lipinski definition) is 3. The molecule has 0 saturated carbocycles. The summed E-state index contributed by atoms with van der Waals surface area (Å²) in [5, 5.41) is 2.85. The van der Waals surface area contributed by atoms with Crippen LogP contribution in [0.3, 0.4) is 0 Å². The van der Waals surface area contributed by atoms with Crippen LogP contribution < -0.4 is 11.1 Å². The molecule has 0 bridgehead atoms.